The van der Waals surface area contributed by atoms with Crippen LogP contribution in [0.25, 0.3) is 0 Å². The fourth-order valence-corrected chi connectivity index (χ4v) is 3.18. The molecule has 0 spiro atoms. The van der Waals surface area contributed by atoms with E-state index in [1.165, 1.54) is 12.1 Å². The summed E-state index contributed by atoms with van der Waals surface area (Å²) >= 11 is 0. The van der Waals surface area contributed by atoms with Gasteiger partial charge in [-0.15, -0.1) is 0 Å². The Morgan fingerprint density at radius 3 is 2.92 bits per heavy atom. The van der Waals surface area contributed by atoms with Gasteiger partial charge in [0.2, 0.25) is 0 Å². The number of anilines is 1. The summed E-state index contributed by atoms with van der Waals surface area (Å²) in [6.07, 6.45) is 2.13. The zero-order chi connectivity index (χ0) is 16.9. The molecule has 0 saturated carbocycles. The van der Waals surface area contributed by atoms with Gasteiger partial charge in [0.25, 0.3) is 0 Å². The number of nitrogens with zero attached hydrogens (tertiary/aromatic N) is 1. The standard InChI is InChI=1S/C19H23FN2O2/c1-24-18-8-7-14(19(23)11-18)12-22-9-3-6-17(13-22)21-16-5-2-4-15(20)10-16/h2,4-5,7-8,10-11,17,21,23H,3,6,9,12-13H2,1H3/t17-/m1/s1. The second kappa shape index (κ2) is 7.53. The normalized spacial score (nSPS) is 18.3. The van der Waals surface area contributed by atoms with E-state index in [1.807, 2.05) is 18.2 Å². The summed E-state index contributed by atoms with van der Waals surface area (Å²) in [6, 6.07) is 12.3. The lowest BCUT2D eigenvalue weighted by Gasteiger charge is -2.33. The van der Waals surface area contributed by atoms with E-state index in [2.05, 4.69) is 10.2 Å². The maximum atomic E-state index is 13.3. The fraction of sp³-hybridized carbons (Fsp3) is 0.368. The summed E-state index contributed by atoms with van der Waals surface area (Å²) in [5.41, 5.74) is 1.70. The number of halogens is 1. The highest BCUT2D eigenvalue weighted by molar-refractivity contribution is 5.44. The molecule has 128 valence electrons. The number of benzene rings is 2. The van der Waals surface area contributed by atoms with Crippen molar-refractivity contribution < 1.29 is 14.2 Å². The zero-order valence-electron chi connectivity index (χ0n) is 13.8. The van der Waals surface area contributed by atoms with Crippen LogP contribution in [0.4, 0.5) is 10.1 Å². The molecule has 5 heteroatoms. The van der Waals surface area contributed by atoms with Gasteiger partial charge in [0, 0.05) is 36.4 Å². The molecule has 0 unspecified atom stereocenters. The van der Waals surface area contributed by atoms with Crippen molar-refractivity contribution in [1.82, 2.24) is 4.90 Å². The number of piperidine rings is 1. The molecular weight excluding hydrogens is 307 g/mol. The van der Waals surface area contributed by atoms with Crippen molar-refractivity contribution in [3.05, 3.63) is 53.8 Å². The van der Waals surface area contributed by atoms with Crippen LogP contribution in [0.3, 0.4) is 0 Å². The Labute approximate surface area is 141 Å². The Kier molecular flexibility index (Phi) is 5.20. The van der Waals surface area contributed by atoms with Crippen molar-refractivity contribution in [2.45, 2.75) is 25.4 Å². The maximum absolute atomic E-state index is 13.3. The lowest BCUT2D eigenvalue weighted by Crippen LogP contribution is -2.41. The molecular formula is C19H23FN2O2. The molecule has 1 heterocycles. The Hall–Kier alpha value is -2.27. The van der Waals surface area contributed by atoms with Crippen molar-refractivity contribution in [3.63, 3.8) is 0 Å². The van der Waals surface area contributed by atoms with Crippen LogP contribution in [0.1, 0.15) is 18.4 Å². The summed E-state index contributed by atoms with van der Waals surface area (Å²) in [6.45, 7) is 2.55. The predicted octanol–water partition coefficient (Wildman–Crippen LogP) is 3.62. The monoisotopic (exact) mass is 330 g/mol. The zero-order valence-corrected chi connectivity index (χ0v) is 13.8. The van der Waals surface area contributed by atoms with Gasteiger partial charge in [-0.1, -0.05) is 12.1 Å². The van der Waals surface area contributed by atoms with Crippen molar-refractivity contribution in [2.24, 2.45) is 0 Å². The molecule has 24 heavy (non-hydrogen) atoms. The molecule has 2 aromatic rings. The van der Waals surface area contributed by atoms with Gasteiger partial charge in [0.05, 0.1) is 7.11 Å². The average molecular weight is 330 g/mol. The number of methoxy groups -OCH3 is 1. The van der Waals surface area contributed by atoms with E-state index >= 15 is 0 Å². The van der Waals surface area contributed by atoms with Crippen molar-refractivity contribution in [3.8, 4) is 11.5 Å². The molecule has 4 nitrogen and oxygen atoms in total. The first-order chi connectivity index (χ1) is 11.6. The highest BCUT2D eigenvalue weighted by Crippen LogP contribution is 2.26. The summed E-state index contributed by atoms with van der Waals surface area (Å²) in [5.74, 6) is 0.686. The minimum Gasteiger partial charge on any atom is -0.507 e. The Morgan fingerprint density at radius 2 is 2.17 bits per heavy atom. The number of rotatable bonds is 5. The van der Waals surface area contributed by atoms with Gasteiger partial charge < -0.3 is 15.2 Å². The second-order valence-electron chi connectivity index (χ2n) is 6.22. The Bertz CT molecular complexity index is 693. The first-order valence-corrected chi connectivity index (χ1v) is 8.24. The summed E-state index contributed by atoms with van der Waals surface area (Å²) < 4.78 is 18.4. The number of phenolic OH excluding ortho intramolecular Hbond substituents is 1. The molecule has 1 atom stereocenters. The van der Waals surface area contributed by atoms with E-state index in [4.69, 9.17) is 4.74 Å². The van der Waals surface area contributed by atoms with Gasteiger partial charge in [-0.05, 0) is 43.7 Å². The topological polar surface area (TPSA) is 44.7 Å². The number of likely N-dealkylation sites (tertiary alicyclic amines) is 1. The number of hydrogen-bond donors (Lipinski definition) is 2. The fourth-order valence-electron chi connectivity index (χ4n) is 3.18. The van der Waals surface area contributed by atoms with E-state index in [9.17, 15) is 9.50 Å². The molecule has 0 bridgehead atoms. The third-order valence-corrected chi connectivity index (χ3v) is 4.39. The predicted molar refractivity (Wildman–Crippen MR) is 93.0 cm³/mol. The van der Waals surface area contributed by atoms with Crippen LogP contribution in [-0.4, -0.2) is 36.2 Å². The number of ether oxygens (including phenoxy) is 1. The van der Waals surface area contributed by atoms with Crippen LogP contribution in [-0.2, 0) is 6.54 Å². The molecule has 1 aliphatic heterocycles. The molecule has 1 fully saturated rings. The minimum atomic E-state index is -0.226. The largest absolute Gasteiger partial charge is 0.507 e. The quantitative estimate of drug-likeness (QED) is 0.879. The highest BCUT2D eigenvalue weighted by Gasteiger charge is 2.20. The Morgan fingerprint density at radius 1 is 1.29 bits per heavy atom. The van der Waals surface area contributed by atoms with Crippen LogP contribution in [0.2, 0.25) is 0 Å². The average Bonchev–Trinajstić information content (AvgIpc) is 2.57. The second-order valence-corrected chi connectivity index (χ2v) is 6.22. The number of phenols is 1. The molecule has 0 aliphatic carbocycles. The van der Waals surface area contributed by atoms with Gasteiger partial charge in [-0.25, -0.2) is 4.39 Å². The third kappa shape index (κ3) is 4.17. The van der Waals surface area contributed by atoms with Crippen molar-refractivity contribution in [1.29, 1.82) is 0 Å². The van der Waals surface area contributed by atoms with Crippen LogP contribution in [0.15, 0.2) is 42.5 Å². The van der Waals surface area contributed by atoms with Crippen molar-refractivity contribution in [2.75, 3.05) is 25.5 Å². The molecule has 1 saturated heterocycles. The minimum absolute atomic E-state index is 0.226. The van der Waals surface area contributed by atoms with Crippen LogP contribution in [0.5, 0.6) is 11.5 Å². The Balaban J connectivity index is 1.61. The molecule has 0 aromatic heterocycles. The molecule has 0 radical (unpaired) electrons. The SMILES string of the molecule is COc1ccc(CN2CCC[C@@H](Nc3cccc(F)c3)C2)c(O)c1. The lowest BCUT2D eigenvalue weighted by atomic mass is 10.0. The smallest absolute Gasteiger partial charge is 0.125 e. The van der Waals surface area contributed by atoms with Gasteiger partial charge >= 0.3 is 0 Å². The van der Waals surface area contributed by atoms with Crippen LogP contribution >= 0.6 is 0 Å². The van der Waals surface area contributed by atoms with Crippen LogP contribution in [0, 0.1) is 5.82 Å². The highest BCUT2D eigenvalue weighted by atomic mass is 19.1. The van der Waals surface area contributed by atoms with Gasteiger partial charge in [-0.2, -0.15) is 0 Å². The molecule has 2 aromatic carbocycles. The third-order valence-electron chi connectivity index (χ3n) is 4.39. The van der Waals surface area contributed by atoms with E-state index in [0.29, 0.717) is 12.3 Å². The van der Waals surface area contributed by atoms with E-state index < -0.39 is 0 Å². The summed E-state index contributed by atoms with van der Waals surface area (Å²) in [7, 11) is 1.59. The lowest BCUT2D eigenvalue weighted by molar-refractivity contribution is 0.206. The number of nitrogens with one attached hydrogen (secondary N) is 1. The maximum Gasteiger partial charge on any atom is 0.125 e. The van der Waals surface area contributed by atoms with E-state index in [0.717, 1.165) is 37.2 Å². The van der Waals surface area contributed by atoms with Gasteiger partial charge in [0.15, 0.2) is 0 Å². The van der Waals surface area contributed by atoms with Gasteiger partial charge in [-0.3, -0.25) is 4.90 Å². The number of hydrogen-bond acceptors (Lipinski definition) is 4. The first kappa shape index (κ1) is 16.6. The number of aromatic hydroxyl groups is 1. The summed E-state index contributed by atoms with van der Waals surface area (Å²) in [4.78, 5) is 2.31. The van der Waals surface area contributed by atoms with E-state index in [-0.39, 0.29) is 17.6 Å². The van der Waals surface area contributed by atoms with Crippen LogP contribution < -0.4 is 10.1 Å². The van der Waals surface area contributed by atoms with Gasteiger partial charge in [0.1, 0.15) is 17.3 Å². The molecule has 0 amide bonds. The molecule has 3 rings (SSSR count). The summed E-state index contributed by atoms with van der Waals surface area (Å²) in [5, 5.41) is 13.5. The molecule has 2 N–H and O–H groups in total. The van der Waals surface area contributed by atoms with Crippen molar-refractivity contribution >= 4 is 5.69 Å². The first-order valence-electron chi connectivity index (χ1n) is 8.24. The molecule has 1 aliphatic rings. The van der Waals surface area contributed by atoms with E-state index in [1.54, 1.807) is 19.2 Å².